The summed E-state index contributed by atoms with van der Waals surface area (Å²) in [5.74, 6) is 0. The van der Waals surface area contributed by atoms with Gasteiger partial charge in [0, 0.05) is 10.7 Å². The van der Waals surface area contributed by atoms with Gasteiger partial charge in [0.05, 0.1) is 11.0 Å². The van der Waals surface area contributed by atoms with Crippen molar-refractivity contribution in [1.29, 1.82) is 0 Å². The lowest BCUT2D eigenvalue weighted by molar-refractivity contribution is 0.672. The number of unbranched alkanes of at least 4 members (excludes halogenated alkanes) is 3. The summed E-state index contributed by atoms with van der Waals surface area (Å²) in [5.41, 5.74) is 3.51. The molecule has 0 aliphatic carbocycles. The first-order valence-corrected chi connectivity index (χ1v) is 7.50. The van der Waals surface area contributed by atoms with E-state index in [1.54, 1.807) is 0 Å². The summed E-state index contributed by atoms with van der Waals surface area (Å²) in [7, 11) is 0. The molecule has 1 aromatic heterocycles. The van der Waals surface area contributed by atoms with Crippen molar-refractivity contribution in [3.05, 3.63) is 35.6 Å². The maximum Gasteiger partial charge on any atom is 0.100 e. The highest BCUT2D eigenvalue weighted by atomic mass is 79.9. The number of aromatic nitrogens is 2. The number of benzene rings is 1. The van der Waals surface area contributed by atoms with Crippen LogP contribution in [0.4, 0.5) is 0 Å². The summed E-state index contributed by atoms with van der Waals surface area (Å²) in [4.78, 5) is 6.45. The first-order chi connectivity index (χ1) is 8.86. The number of nitrogens with zero attached hydrogens (tertiary/aromatic N) is 2. The topological polar surface area (TPSA) is 17.8 Å². The molecule has 0 unspecified atom stereocenters. The zero-order valence-electron chi connectivity index (χ0n) is 10.8. The van der Waals surface area contributed by atoms with Crippen LogP contribution in [0.2, 0.25) is 0 Å². The molecule has 0 aliphatic heterocycles. The van der Waals surface area contributed by atoms with Crippen LogP contribution >= 0.6 is 15.9 Å². The van der Waals surface area contributed by atoms with Gasteiger partial charge in [0.15, 0.2) is 0 Å². The zero-order chi connectivity index (χ0) is 12.8. The van der Waals surface area contributed by atoms with E-state index < -0.39 is 0 Å². The monoisotopic (exact) mass is 306 g/mol. The Kier molecular flexibility index (Phi) is 5.00. The van der Waals surface area contributed by atoms with Crippen LogP contribution in [-0.4, -0.2) is 9.55 Å². The predicted octanol–water partition coefficient (Wildman–Crippen LogP) is 5.20. The molecular weight excluding hydrogens is 288 g/mol. The van der Waals surface area contributed by atoms with Crippen molar-refractivity contribution in [2.45, 2.75) is 39.0 Å². The molecule has 3 heteroatoms. The van der Waals surface area contributed by atoms with E-state index in [1.165, 1.54) is 36.9 Å². The second-order valence-corrected chi connectivity index (χ2v) is 4.97. The molecular formula is C15H19BrN2. The SMILES string of the molecule is CCCCCC/C(=C/Br)n1cnc2ccccc21. The lowest BCUT2D eigenvalue weighted by atomic mass is 10.1. The predicted molar refractivity (Wildman–Crippen MR) is 81.7 cm³/mol. The molecule has 0 amide bonds. The Bertz CT molecular complexity index is 528. The third-order valence-corrected chi connectivity index (χ3v) is 3.70. The highest BCUT2D eigenvalue weighted by Gasteiger charge is 2.05. The fraction of sp³-hybridized carbons (Fsp3) is 0.400. The Balaban J connectivity index is 2.13. The van der Waals surface area contributed by atoms with Crippen LogP contribution in [0.5, 0.6) is 0 Å². The lowest BCUT2D eigenvalue weighted by Crippen LogP contribution is -1.95. The van der Waals surface area contributed by atoms with E-state index in [-0.39, 0.29) is 0 Å². The van der Waals surface area contributed by atoms with Crippen molar-refractivity contribution in [1.82, 2.24) is 9.55 Å². The van der Waals surface area contributed by atoms with Gasteiger partial charge in [-0.3, -0.25) is 0 Å². The molecule has 0 saturated carbocycles. The molecule has 0 fully saturated rings. The minimum Gasteiger partial charge on any atom is -0.302 e. The average Bonchev–Trinajstić information content (AvgIpc) is 2.83. The minimum absolute atomic E-state index is 1.05. The molecule has 0 atom stereocenters. The molecule has 1 heterocycles. The van der Waals surface area contributed by atoms with E-state index >= 15 is 0 Å². The summed E-state index contributed by atoms with van der Waals surface area (Å²) in [6, 6.07) is 8.25. The molecule has 96 valence electrons. The van der Waals surface area contributed by atoms with Gasteiger partial charge < -0.3 is 4.57 Å². The summed E-state index contributed by atoms with van der Waals surface area (Å²) in [6.07, 6.45) is 8.13. The van der Waals surface area contributed by atoms with Crippen molar-refractivity contribution < 1.29 is 0 Å². The molecule has 18 heavy (non-hydrogen) atoms. The van der Waals surface area contributed by atoms with Gasteiger partial charge in [0.1, 0.15) is 6.33 Å². The molecule has 0 N–H and O–H groups in total. The highest BCUT2D eigenvalue weighted by molar-refractivity contribution is 9.11. The normalized spacial score (nSPS) is 12.2. The van der Waals surface area contributed by atoms with Crippen molar-refractivity contribution in [2.75, 3.05) is 0 Å². The Labute approximate surface area is 117 Å². The van der Waals surface area contributed by atoms with E-state index in [2.05, 4.69) is 50.6 Å². The zero-order valence-corrected chi connectivity index (χ0v) is 12.4. The lowest BCUT2D eigenvalue weighted by Gasteiger charge is -2.08. The van der Waals surface area contributed by atoms with Crippen LogP contribution in [0.1, 0.15) is 39.0 Å². The number of para-hydroxylation sites is 2. The van der Waals surface area contributed by atoms with Crippen molar-refractivity contribution in [3.8, 4) is 0 Å². The Hall–Kier alpha value is -1.09. The Morgan fingerprint density at radius 3 is 2.89 bits per heavy atom. The molecule has 0 bridgehead atoms. The van der Waals surface area contributed by atoms with E-state index in [0.29, 0.717) is 0 Å². The molecule has 2 nitrogen and oxygen atoms in total. The molecule has 0 spiro atoms. The van der Waals surface area contributed by atoms with Gasteiger partial charge in [-0.05, 0) is 25.0 Å². The van der Waals surface area contributed by atoms with Gasteiger partial charge in [-0.15, -0.1) is 0 Å². The first kappa shape index (κ1) is 13.3. The van der Waals surface area contributed by atoms with E-state index in [0.717, 1.165) is 11.9 Å². The summed E-state index contributed by atoms with van der Waals surface area (Å²) in [6.45, 7) is 2.24. The number of halogens is 1. The second-order valence-electron chi connectivity index (χ2n) is 4.51. The van der Waals surface area contributed by atoms with Crippen LogP contribution in [0.15, 0.2) is 35.6 Å². The maximum absolute atomic E-state index is 4.43. The van der Waals surface area contributed by atoms with Gasteiger partial charge in [-0.25, -0.2) is 4.98 Å². The van der Waals surface area contributed by atoms with Crippen LogP contribution in [0.3, 0.4) is 0 Å². The number of fused-ring (bicyclic) bond motifs is 1. The number of allylic oxidation sites excluding steroid dienone is 1. The molecule has 1 aromatic carbocycles. The molecule has 0 radical (unpaired) electrons. The number of rotatable bonds is 6. The smallest absolute Gasteiger partial charge is 0.100 e. The summed E-state index contributed by atoms with van der Waals surface area (Å²) >= 11 is 3.48. The molecule has 0 saturated heterocycles. The summed E-state index contributed by atoms with van der Waals surface area (Å²) < 4.78 is 2.18. The maximum atomic E-state index is 4.43. The van der Waals surface area contributed by atoms with Gasteiger partial charge in [0.2, 0.25) is 0 Å². The van der Waals surface area contributed by atoms with Gasteiger partial charge >= 0.3 is 0 Å². The Morgan fingerprint density at radius 2 is 2.11 bits per heavy atom. The standard InChI is InChI=1S/C15H19BrN2/c1-2-3-4-5-8-13(11-16)18-12-17-14-9-6-7-10-15(14)18/h6-7,9-12H,2-5,8H2,1H3/b13-11-. The van der Waals surface area contributed by atoms with Gasteiger partial charge in [-0.1, -0.05) is 54.2 Å². The van der Waals surface area contributed by atoms with Crippen molar-refractivity contribution >= 4 is 32.7 Å². The molecule has 2 aromatic rings. The first-order valence-electron chi connectivity index (χ1n) is 6.58. The molecule has 0 aliphatic rings. The Morgan fingerprint density at radius 1 is 1.28 bits per heavy atom. The van der Waals surface area contributed by atoms with E-state index in [9.17, 15) is 0 Å². The largest absolute Gasteiger partial charge is 0.302 e. The van der Waals surface area contributed by atoms with E-state index in [1.807, 2.05) is 17.4 Å². The summed E-state index contributed by atoms with van der Waals surface area (Å²) in [5, 5.41) is 0. The van der Waals surface area contributed by atoms with Crippen LogP contribution in [-0.2, 0) is 0 Å². The average molecular weight is 307 g/mol. The number of hydrogen-bond donors (Lipinski definition) is 0. The fourth-order valence-corrected chi connectivity index (χ4v) is 2.60. The third kappa shape index (κ3) is 3.02. The second kappa shape index (κ2) is 6.74. The van der Waals surface area contributed by atoms with E-state index in [4.69, 9.17) is 0 Å². The number of hydrogen-bond acceptors (Lipinski definition) is 1. The highest BCUT2D eigenvalue weighted by Crippen LogP contribution is 2.22. The minimum atomic E-state index is 1.05. The third-order valence-electron chi connectivity index (χ3n) is 3.18. The fourth-order valence-electron chi connectivity index (χ4n) is 2.15. The van der Waals surface area contributed by atoms with Crippen molar-refractivity contribution in [3.63, 3.8) is 0 Å². The van der Waals surface area contributed by atoms with Crippen molar-refractivity contribution in [2.24, 2.45) is 0 Å². The van der Waals surface area contributed by atoms with Gasteiger partial charge in [0.25, 0.3) is 0 Å². The van der Waals surface area contributed by atoms with Crippen LogP contribution < -0.4 is 0 Å². The van der Waals surface area contributed by atoms with Gasteiger partial charge in [-0.2, -0.15) is 0 Å². The number of imidazole rings is 1. The quantitative estimate of drug-likeness (QED) is 0.671. The molecule has 2 rings (SSSR count). The van der Waals surface area contributed by atoms with Crippen LogP contribution in [0.25, 0.3) is 16.7 Å². The van der Waals surface area contributed by atoms with Crippen LogP contribution in [0, 0.1) is 0 Å².